The Bertz CT molecular complexity index is 503. The van der Waals surface area contributed by atoms with Gasteiger partial charge in [0.15, 0.2) is 0 Å². The molecule has 0 aliphatic carbocycles. The maximum absolute atomic E-state index is 11.1. The van der Waals surface area contributed by atoms with Crippen molar-refractivity contribution in [3.8, 4) is 0 Å². The molecule has 0 atom stereocenters. The smallest absolute Gasteiger partial charge is 0.255 e. The molecule has 78 valence electrons. The number of aryl methyl sites for hydroxylation is 1. The Hall–Kier alpha value is -1.88. The molecule has 1 heterocycles. The highest BCUT2D eigenvalue weighted by molar-refractivity contribution is 5.83. The summed E-state index contributed by atoms with van der Waals surface area (Å²) in [5.74, 6) is 4.77. The molecule has 15 heavy (non-hydrogen) atoms. The summed E-state index contributed by atoms with van der Waals surface area (Å²) in [6.07, 6.45) is 0. The van der Waals surface area contributed by atoms with E-state index in [-0.39, 0.29) is 12.5 Å². The Morgan fingerprint density at radius 1 is 1.53 bits per heavy atom. The summed E-state index contributed by atoms with van der Waals surface area (Å²) in [4.78, 5) is 11.1. The third-order valence-corrected chi connectivity index (χ3v) is 2.30. The van der Waals surface area contributed by atoms with Gasteiger partial charge in [-0.3, -0.25) is 14.9 Å². The summed E-state index contributed by atoms with van der Waals surface area (Å²) in [7, 11) is 0. The average Bonchev–Trinajstić information content (AvgIpc) is 2.57. The molecule has 0 bridgehead atoms. The molecule has 5 heteroatoms. The van der Waals surface area contributed by atoms with Crippen molar-refractivity contribution in [1.29, 1.82) is 0 Å². The molecule has 0 saturated heterocycles. The highest BCUT2D eigenvalue weighted by Crippen LogP contribution is 2.16. The van der Waals surface area contributed by atoms with E-state index in [2.05, 4.69) is 10.5 Å². The molecule has 3 N–H and O–H groups in total. The van der Waals surface area contributed by atoms with Crippen molar-refractivity contribution < 1.29 is 4.79 Å². The molecule has 0 saturated carbocycles. The number of amides is 1. The van der Waals surface area contributed by atoms with E-state index in [1.807, 2.05) is 31.2 Å². The number of rotatable bonds is 2. The number of hydrazine groups is 1. The molecular weight excluding hydrogens is 192 g/mol. The fourth-order valence-electron chi connectivity index (χ4n) is 1.60. The lowest BCUT2D eigenvalue weighted by Gasteiger charge is -2.01. The first-order valence-electron chi connectivity index (χ1n) is 4.64. The fourth-order valence-corrected chi connectivity index (χ4v) is 1.60. The number of nitrogens with one attached hydrogen (secondary N) is 1. The van der Waals surface area contributed by atoms with Crippen LogP contribution in [-0.4, -0.2) is 15.7 Å². The van der Waals surface area contributed by atoms with Gasteiger partial charge < -0.3 is 0 Å². The predicted molar refractivity (Wildman–Crippen MR) is 56.8 cm³/mol. The number of nitrogens with two attached hydrogens (primary N) is 1. The second-order valence-electron chi connectivity index (χ2n) is 3.33. The van der Waals surface area contributed by atoms with Crippen molar-refractivity contribution in [1.82, 2.24) is 15.2 Å². The topological polar surface area (TPSA) is 72.9 Å². The number of aromatic nitrogens is 2. The Kier molecular flexibility index (Phi) is 2.39. The van der Waals surface area contributed by atoms with E-state index in [0.29, 0.717) is 0 Å². The molecule has 0 unspecified atom stereocenters. The van der Waals surface area contributed by atoms with Crippen LogP contribution in [0.4, 0.5) is 0 Å². The number of para-hydroxylation sites is 1. The standard InChI is InChI=1S/C10H12N4O/c1-7-8-4-2-3-5-9(8)14(13-7)6-10(15)12-11/h2-5H,6,11H2,1H3,(H,12,15). The first kappa shape index (κ1) is 9.67. The van der Waals surface area contributed by atoms with Gasteiger partial charge in [0.05, 0.1) is 11.2 Å². The summed E-state index contributed by atoms with van der Waals surface area (Å²) in [5.41, 5.74) is 3.94. The number of hydrogen-bond donors (Lipinski definition) is 2. The Morgan fingerprint density at radius 3 is 3.00 bits per heavy atom. The van der Waals surface area contributed by atoms with Crippen LogP contribution in [0.3, 0.4) is 0 Å². The average molecular weight is 204 g/mol. The van der Waals surface area contributed by atoms with Crippen LogP contribution in [-0.2, 0) is 11.3 Å². The normalized spacial score (nSPS) is 10.5. The summed E-state index contributed by atoms with van der Waals surface area (Å²) in [6, 6.07) is 7.78. The second kappa shape index (κ2) is 3.70. The van der Waals surface area contributed by atoms with Crippen molar-refractivity contribution in [2.45, 2.75) is 13.5 Å². The Balaban J connectivity index is 2.48. The number of benzene rings is 1. The minimum Gasteiger partial charge on any atom is -0.293 e. The third kappa shape index (κ3) is 1.69. The van der Waals surface area contributed by atoms with Gasteiger partial charge in [0.1, 0.15) is 6.54 Å². The first-order chi connectivity index (χ1) is 7.22. The van der Waals surface area contributed by atoms with Gasteiger partial charge in [-0.05, 0) is 13.0 Å². The lowest BCUT2D eigenvalue weighted by molar-refractivity contribution is -0.121. The van der Waals surface area contributed by atoms with Crippen LogP contribution < -0.4 is 11.3 Å². The van der Waals surface area contributed by atoms with Crippen molar-refractivity contribution in [2.75, 3.05) is 0 Å². The largest absolute Gasteiger partial charge is 0.293 e. The molecule has 0 aliphatic heterocycles. The van der Waals surface area contributed by atoms with Gasteiger partial charge in [0.25, 0.3) is 5.91 Å². The van der Waals surface area contributed by atoms with Crippen LogP contribution in [0.1, 0.15) is 5.69 Å². The second-order valence-corrected chi connectivity index (χ2v) is 3.33. The lowest BCUT2D eigenvalue weighted by Crippen LogP contribution is -2.33. The third-order valence-electron chi connectivity index (χ3n) is 2.30. The zero-order chi connectivity index (χ0) is 10.8. The van der Waals surface area contributed by atoms with Crippen LogP contribution in [0.25, 0.3) is 10.9 Å². The maximum Gasteiger partial charge on any atom is 0.255 e. The quantitative estimate of drug-likeness (QED) is 0.421. The molecule has 2 rings (SSSR count). The monoisotopic (exact) mass is 204 g/mol. The van der Waals surface area contributed by atoms with Crippen LogP contribution in [0.5, 0.6) is 0 Å². The molecule has 1 aromatic heterocycles. The molecule has 1 amide bonds. The maximum atomic E-state index is 11.1. The molecular formula is C10H12N4O. The van der Waals surface area contributed by atoms with Gasteiger partial charge in [0, 0.05) is 5.39 Å². The molecule has 0 aliphatic rings. The minimum absolute atomic E-state index is 0.144. The zero-order valence-electron chi connectivity index (χ0n) is 8.40. The van der Waals surface area contributed by atoms with Gasteiger partial charge in [-0.2, -0.15) is 5.10 Å². The summed E-state index contributed by atoms with van der Waals surface area (Å²) >= 11 is 0. The van der Waals surface area contributed by atoms with Crippen LogP contribution in [0.15, 0.2) is 24.3 Å². The summed E-state index contributed by atoms with van der Waals surface area (Å²) in [6.45, 7) is 2.06. The van der Waals surface area contributed by atoms with Crippen LogP contribution in [0, 0.1) is 6.92 Å². The van der Waals surface area contributed by atoms with E-state index in [4.69, 9.17) is 5.84 Å². The zero-order valence-corrected chi connectivity index (χ0v) is 8.40. The van der Waals surface area contributed by atoms with E-state index in [0.717, 1.165) is 16.6 Å². The lowest BCUT2D eigenvalue weighted by atomic mass is 10.2. The van der Waals surface area contributed by atoms with E-state index < -0.39 is 0 Å². The highest BCUT2D eigenvalue weighted by atomic mass is 16.2. The van der Waals surface area contributed by atoms with Gasteiger partial charge >= 0.3 is 0 Å². The van der Waals surface area contributed by atoms with Crippen LogP contribution >= 0.6 is 0 Å². The Labute approximate surface area is 86.8 Å². The molecule has 1 aromatic carbocycles. The van der Waals surface area contributed by atoms with Crippen molar-refractivity contribution in [3.63, 3.8) is 0 Å². The summed E-state index contributed by atoms with van der Waals surface area (Å²) < 4.78 is 1.65. The molecule has 0 spiro atoms. The number of carbonyl (C=O) groups is 1. The predicted octanol–water partition coefficient (Wildman–Crippen LogP) is 0.335. The highest BCUT2D eigenvalue weighted by Gasteiger charge is 2.08. The van der Waals surface area contributed by atoms with Gasteiger partial charge in [-0.25, -0.2) is 5.84 Å². The molecule has 0 fully saturated rings. The van der Waals surface area contributed by atoms with E-state index >= 15 is 0 Å². The number of fused-ring (bicyclic) bond motifs is 1. The van der Waals surface area contributed by atoms with E-state index in [9.17, 15) is 4.79 Å². The molecule has 5 nitrogen and oxygen atoms in total. The Morgan fingerprint density at radius 2 is 2.27 bits per heavy atom. The van der Waals surface area contributed by atoms with E-state index in [1.165, 1.54) is 0 Å². The van der Waals surface area contributed by atoms with E-state index in [1.54, 1.807) is 4.68 Å². The van der Waals surface area contributed by atoms with Crippen molar-refractivity contribution in [2.24, 2.45) is 5.84 Å². The SMILES string of the molecule is Cc1nn(CC(=O)NN)c2ccccc12. The van der Waals surface area contributed by atoms with Gasteiger partial charge in [-0.15, -0.1) is 0 Å². The fraction of sp³-hybridized carbons (Fsp3) is 0.200. The van der Waals surface area contributed by atoms with Gasteiger partial charge in [-0.1, -0.05) is 18.2 Å². The minimum atomic E-state index is -0.261. The van der Waals surface area contributed by atoms with Crippen molar-refractivity contribution >= 4 is 16.8 Å². The molecule has 0 radical (unpaired) electrons. The molecule has 2 aromatic rings. The summed E-state index contributed by atoms with van der Waals surface area (Å²) in [5, 5.41) is 5.34. The number of carbonyl (C=O) groups excluding carboxylic acids is 1. The number of hydrogen-bond acceptors (Lipinski definition) is 3. The van der Waals surface area contributed by atoms with Crippen molar-refractivity contribution in [3.05, 3.63) is 30.0 Å². The first-order valence-corrected chi connectivity index (χ1v) is 4.64. The van der Waals surface area contributed by atoms with Crippen LogP contribution in [0.2, 0.25) is 0 Å². The van der Waals surface area contributed by atoms with Gasteiger partial charge in [0.2, 0.25) is 0 Å². The number of nitrogens with zero attached hydrogens (tertiary/aromatic N) is 2.